The van der Waals surface area contributed by atoms with E-state index in [0.29, 0.717) is 19.5 Å². The number of hydrogen-bond donors (Lipinski definition) is 1. The summed E-state index contributed by atoms with van der Waals surface area (Å²) in [5.74, 6) is 0.0427. The van der Waals surface area contributed by atoms with Gasteiger partial charge in [-0.15, -0.1) is 0 Å². The molecule has 0 unspecified atom stereocenters. The topological polar surface area (TPSA) is 49.8 Å². The minimum atomic E-state index is -1.92. The first kappa shape index (κ1) is 25.7. The van der Waals surface area contributed by atoms with Gasteiger partial charge >= 0.3 is 5.97 Å². The molecule has 180 valence electrons. The van der Waals surface area contributed by atoms with Crippen LogP contribution in [0.25, 0.3) is 0 Å². The summed E-state index contributed by atoms with van der Waals surface area (Å²) in [6, 6.07) is 27.4. The van der Waals surface area contributed by atoms with Crippen molar-refractivity contribution in [3.05, 3.63) is 102 Å². The van der Waals surface area contributed by atoms with Crippen LogP contribution in [-0.2, 0) is 24.3 Å². The van der Waals surface area contributed by atoms with Crippen LogP contribution >= 0.6 is 0 Å². The highest BCUT2D eigenvalue weighted by Gasteiger charge is 2.39. The van der Waals surface area contributed by atoms with E-state index in [-0.39, 0.29) is 5.04 Å². The Morgan fingerprint density at radius 3 is 1.71 bits per heavy atom. The number of nitrogens with zero attached hydrogens (tertiary/aromatic N) is 1. The van der Waals surface area contributed by atoms with Gasteiger partial charge < -0.3 is 9.53 Å². The molecule has 5 heteroatoms. The third-order valence-electron chi connectivity index (χ3n) is 6.71. The van der Waals surface area contributed by atoms with Crippen molar-refractivity contribution in [2.75, 3.05) is 0 Å². The van der Waals surface area contributed by atoms with Crippen LogP contribution in [-0.4, -0.2) is 30.3 Å². The molecule has 0 radical (unpaired) electrons. The van der Waals surface area contributed by atoms with Gasteiger partial charge in [0.1, 0.15) is 11.8 Å². The minimum absolute atomic E-state index is 0.120. The summed E-state index contributed by atoms with van der Waals surface area (Å²) in [5.41, 5.74) is 3.19. The molecule has 3 rings (SSSR count). The Labute approximate surface area is 205 Å². The van der Waals surface area contributed by atoms with E-state index < -0.39 is 20.3 Å². The molecule has 3 aromatic carbocycles. The molecule has 3 aromatic rings. The van der Waals surface area contributed by atoms with Gasteiger partial charge in [0.2, 0.25) is 8.32 Å². The fourth-order valence-electron chi connectivity index (χ4n) is 3.65. The first-order valence-electron chi connectivity index (χ1n) is 11.9. The third kappa shape index (κ3) is 7.05. The molecule has 1 N–H and O–H groups in total. The van der Waals surface area contributed by atoms with Gasteiger partial charge in [-0.2, -0.15) is 0 Å². The predicted octanol–water partition coefficient (Wildman–Crippen LogP) is 6.77. The second kappa shape index (κ2) is 11.0. The van der Waals surface area contributed by atoms with Crippen molar-refractivity contribution < 1.29 is 14.3 Å². The van der Waals surface area contributed by atoms with Crippen molar-refractivity contribution in [3.8, 4) is 5.75 Å². The molecule has 0 spiro atoms. The molecule has 0 bridgehead atoms. The average molecular weight is 476 g/mol. The molecule has 0 aliphatic carbocycles. The molecule has 1 atom stereocenters. The second-order valence-electron chi connectivity index (χ2n) is 10.4. The van der Waals surface area contributed by atoms with Crippen LogP contribution in [0, 0.1) is 0 Å². The normalized spacial score (nSPS) is 13.0. The highest BCUT2D eigenvalue weighted by molar-refractivity contribution is 6.74. The summed E-state index contributed by atoms with van der Waals surface area (Å²) < 4.78 is 6.39. The molecule has 34 heavy (non-hydrogen) atoms. The Kier molecular flexibility index (Phi) is 8.34. The zero-order chi connectivity index (χ0) is 24.8. The van der Waals surface area contributed by atoms with Gasteiger partial charge in [0.15, 0.2) is 0 Å². The fraction of sp³-hybridized carbons (Fsp3) is 0.345. The molecule has 0 fully saturated rings. The zero-order valence-electron chi connectivity index (χ0n) is 21.0. The van der Waals surface area contributed by atoms with Gasteiger partial charge in [-0.3, -0.25) is 9.69 Å². The van der Waals surface area contributed by atoms with Gasteiger partial charge in [-0.05, 0) is 53.4 Å². The Balaban J connectivity index is 1.80. The molecule has 0 aliphatic heterocycles. The molecular formula is C29H37NO3Si. The highest BCUT2D eigenvalue weighted by atomic mass is 28.4. The van der Waals surface area contributed by atoms with E-state index in [1.807, 2.05) is 89.8 Å². The summed E-state index contributed by atoms with van der Waals surface area (Å²) in [4.78, 5) is 14.5. The van der Waals surface area contributed by atoms with Gasteiger partial charge in [0, 0.05) is 13.1 Å². The van der Waals surface area contributed by atoms with Crippen molar-refractivity contribution in [1.29, 1.82) is 0 Å². The maximum absolute atomic E-state index is 12.4. The molecule has 0 amide bonds. The average Bonchev–Trinajstić information content (AvgIpc) is 2.78. The van der Waals surface area contributed by atoms with Crippen LogP contribution in [0.3, 0.4) is 0 Å². The third-order valence-corrected chi connectivity index (χ3v) is 11.1. The summed E-state index contributed by atoms with van der Waals surface area (Å²) >= 11 is 0. The lowest BCUT2D eigenvalue weighted by Crippen LogP contribution is -2.43. The fourth-order valence-corrected chi connectivity index (χ4v) is 4.68. The van der Waals surface area contributed by atoms with E-state index in [2.05, 4.69) is 33.9 Å². The molecule has 0 saturated carbocycles. The van der Waals surface area contributed by atoms with Crippen LogP contribution in [0.4, 0.5) is 0 Å². The van der Waals surface area contributed by atoms with Gasteiger partial charge in [0.05, 0.1) is 0 Å². The number of carboxylic acid groups (broad SMARTS) is 1. The molecule has 0 heterocycles. The van der Waals surface area contributed by atoms with Gasteiger partial charge in [-0.1, -0.05) is 93.6 Å². The number of carbonyl (C=O) groups is 1. The quantitative estimate of drug-likeness (QED) is 0.329. The van der Waals surface area contributed by atoms with Crippen molar-refractivity contribution in [1.82, 2.24) is 4.90 Å². The molecule has 0 saturated heterocycles. The van der Waals surface area contributed by atoms with E-state index in [4.69, 9.17) is 4.43 Å². The van der Waals surface area contributed by atoms with Crippen LogP contribution in [0.15, 0.2) is 84.9 Å². The first-order valence-corrected chi connectivity index (χ1v) is 14.8. The van der Waals surface area contributed by atoms with Crippen molar-refractivity contribution in [2.45, 2.75) is 64.5 Å². The maximum atomic E-state index is 12.4. The Morgan fingerprint density at radius 2 is 1.29 bits per heavy atom. The molecule has 4 nitrogen and oxygen atoms in total. The van der Waals surface area contributed by atoms with Gasteiger partial charge in [0.25, 0.3) is 0 Å². The Bertz CT molecular complexity index is 1000. The van der Waals surface area contributed by atoms with Crippen LogP contribution in [0.5, 0.6) is 5.75 Å². The lowest BCUT2D eigenvalue weighted by atomic mass is 10.0. The second-order valence-corrected chi connectivity index (χ2v) is 15.2. The van der Waals surface area contributed by atoms with E-state index in [0.717, 1.165) is 22.4 Å². The zero-order valence-corrected chi connectivity index (χ0v) is 22.0. The van der Waals surface area contributed by atoms with E-state index in [9.17, 15) is 9.90 Å². The largest absolute Gasteiger partial charge is 0.544 e. The summed E-state index contributed by atoms with van der Waals surface area (Å²) in [7, 11) is -1.92. The van der Waals surface area contributed by atoms with E-state index in [1.54, 1.807) is 0 Å². The molecule has 0 aromatic heterocycles. The number of carboxylic acids is 1. The van der Waals surface area contributed by atoms with E-state index in [1.165, 1.54) is 0 Å². The first-order chi connectivity index (χ1) is 16.0. The smallest absolute Gasteiger partial charge is 0.321 e. The van der Waals surface area contributed by atoms with Crippen molar-refractivity contribution in [3.63, 3.8) is 0 Å². The number of hydrogen-bond acceptors (Lipinski definition) is 3. The maximum Gasteiger partial charge on any atom is 0.321 e. The van der Waals surface area contributed by atoms with Crippen LogP contribution < -0.4 is 4.43 Å². The van der Waals surface area contributed by atoms with Crippen LogP contribution in [0.1, 0.15) is 37.5 Å². The van der Waals surface area contributed by atoms with Crippen molar-refractivity contribution in [2.24, 2.45) is 0 Å². The summed E-state index contributed by atoms with van der Waals surface area (Å²) in [5, 5.41) is 10.3. The SMILES string of the molecule is CC(C)(C)[Si](C)(C)Oc1ccc(C[C@H](C(=O)O)N(Cc2ccccc2)Cc2ccccc2)cc1. The minimum Gasteiger partial charge on any atom is -0.544 e. The molecule has 0 aliphatic rings. The number of aliphatic carboxylic acids is 1. The molecular weight excluding hydrogens is 438 g/mol. The lowest BCUT2D eigenvalue weighted by molar-refractivity contribution is -0.143. The van der Waals surface area contributed by atoms with Crippen LogP contribution in [0.2, 0.25) is 18.1 Å². The van der Waals surface area contributed by atoms with Crippen molar-refractivity contribution >= 4 is 14.3 Å². The Hall–Kier alpha value is -2.89. The Morgan fingerprint density at radius 1 is 0.824 bits per heavy atom. The monoisotopic (exact) mass is 475 g/mol. The highest BCUT2D eigenvalue weighted by Crippen LogP contribution is 2.37. The van der Waals surface area contributed by atoms with Gasteiger partial charge in [-0.25, -0.2) is 0 Å². The summed E-state index contributed by atoms with van der Waals surface area (Å²) in [6.45, 7) is 12.3. The number of rotatable bonds is 10. The predicted molar refractivity (Wildman–Crippen MR) is 142 cm³/mol. The standard InChI is InChI=1S/C29H37NO3Si/c1-29(2,3)34(4,5)33-26-18-16-23(17-19-26)20-27(28(31)32)30(21-24-12-8-6-9-13-24)22-25-14-10-7-11-15-25/h6-19,27H,20-22H2,1-5H3,(H,31,32)/t27-/m1/s1. The van der Waals surface area contributed by atoms with E-state index >= 15 is 0 Å². The lowest BCUT2D eigenvalue weighted by Gasteiger charge is -2.36. The number of benzene rings is 3. The summed E-state index contributed by atoms with van der Waals surface area (Å²) in [6.07, 6.45) is 0.426.